The predicted molar refractivity (Wildman–Crippen MR) is 122 cm³/mol. The molecular formula is C26H29NO5. The van der Waals surface area contributed by atoms with E-state index in [1.54, 1.807) is 11.0 Å². The fourth-order valence-corrected chi connectivity index (χ4v) is 4.42. The molecule has 1 N–H and O–H groups in total. The second-order valence-corrected chi connectivity index (χ2v) is 8.68. The average molecular weight is 436 g/mol. The van der Waals surface area contributed by atoms with Crippen LogP contribution in [-0.2, 0) is 16.0 Å². The van der Waals surface area contributed by atoms with Crippen molar-refractivity contribution in [2.24, 2.45) is 0 Å². The van der Waals surface area contributed by atoms with Gasteiger partial charge in [-0.1, -0.05) is 19.1 Å². The molecular weight excluding hydrogens is 406 g/mol. The number of nitrogens with zero attached hydrogens (tertiary/aromatic N) is 1. The quantitative estimate of drug-likeness (QED) is 0.407. The molecule has 2 atom stereocenters. The van der Waals surface area contributed by atoms with Crippen LogP contribution in [0.1, 0.15) is 56.8 Å². The molecule has 0 saturated carbocycles. The first-order chi connectivity index (χ1) is 15.3. The number of amides is 1. The van der Waals surface area contributed by atoms with Crippen molar-refractivity contribution in [2.45, 2.75) is 58.8 Å². The molecule has 0 aromatic heterocycles. The van der Waals surface area contributed by atoms with Crippen LogP contribution in [0.2, 0.25) is 0 Å². The highest BCUT2D eigenvalue weighted by atomic mass is 16.5. The topological polar surface area (TPSA) is 76.1 Å². The lowest BCUT2D eigenvalue weighted by Crippen LogP contribution is -2.30. The van der Waals surface area contributed by atoms with Crippen molar-refractivity contribution in [2.75, 3.05) is 6.54 Å². The van der Waals surface area contributed by atoms with Crippen LogP contribution >= 0.6 is 0 Å². The van der Waals surface area contributed by atoms with Crippen molar-refractivity contribution >= 4 is 17.4 Å². The summed E-state index contributed by atoms with van der Waals surface area (Å²) in [5.74, 6) is 0.103. The van der Waals surface area contributed by atoms with E-state index >= 15 is 0 Å². The van der Waals surface area contributed by atoms with E-state index in [0.717, 1.165) is 23.3 Å². The number of ether oxygens (including phenoxy) is 2. The normalized spacial score (nSPS) is 21.7. The molecule has 2 aromatic rings. The van der Waals surface area contributed by atoms with E-state index in [2.05, 4.69) is 0 Å². The van der Waals surface area contributed by atoms with Gasteiger partial charge < -0.3 is 19.5 Å². The molecule has 2 aromatic carbocycles. The summed E-state index contributed by atoms with van der Waals surface area (Å²) >= 11 is 0. The molecule has 4 rings (SSSR count). The fourth-order valence-electron chi connectivity index (χ4n) is 4.42. The second kappa shape index (κ2) is 8.69. The number of hydrogen-bond donors (Lipinski definition) is 1. The third-order valence-electron chi connectivity index (χ3n) is 5.74. The van der Waals surface area contributed by atoms with E-state index < -0.39 is 17.7 Å². The maximum absolute atomic E-state index is 13.0. The Morgan fingerprint density at radius 3 is 2.56 bits per heavy atom. The fraction of sp³-hybridized carbons (Fsp3) is 0.385. The van der Waals surface area contributed by atoms with Gasteiger partial charge in [0.25, 0.3) is 11.7 Å². The Morgan fingerprint density at radius 1 is 1.19 bits per heavy atom. The van der Waals surface area contributed by atoms with Gasteiger partial charge in [-0.25, -0.2) is 0 Å². The molecule has 1 saturated heterocycles. The number of likely N-dealkylation sites (tertiary alicyclic amines) is 1. The summed E-state index contributed by atoms with van der Waals surface area (Å²) < 4.78 is 11.5. The van der Waals surface area contributed by atoms with Crippen LogP contribution in [0.15, 0.2) is 48.0 Å². The molecule has 6 heteroatoms. The highest BCUT2D eigenvalue weighted by Crippen LogP contribution is 2.41. The second-order valence-electron chi connectivity index (χ2n) is 8.68. The van der Waals surface area contributed by atoms with Crippen LogP contribution in [0, 0.1) is 0 Å². The van der Waals surface area contributed by atoms with Gasteiger partial charge in [-0.3, -0.25) is 9.59 Å². The standard InChI is InChI=1S/C26H29NO5/c1-5-12-27-23(17-6-9-20(10-7-17)31-15(2)3)22(25(29)26(27)30)24(28)18-8-11-21-19(14-18)13-16(4)32-21/h6-11,14-16,23,28H,5,12-13H2,1-4H3/b24-22-. The van der Waals surface area contributed by atoms with E-state index in [9.17, 15) is 14.7 Å². The van der Waals surface area contributed by atoms with Gasteiger partial charge >= 0.3 is 0 Å². The third-order valence-corrected chi connectivity index (χ3v) is 5.74. The molecule has 0 radical (unpaired) electrons. The zero-order valence-corrected chi connectivity index (χ0v) is 18.9. The number of benzene rings is 2. The van der Waals surface area contributed by atoms with E-state index in [0.29, 0.717) is 24.3 Å². The van der Waals surface area contributed by atoms with Crippen LogP contribution in [0.25, 0.3) is 5.76 Å². The van der Waals surface area contributed by atoms with Crippen LogP contribution in [0.5, 0.6) is 11.5 Å². The van der Waals surface area contributed by atoms with Crippen molar-refractivity contribution in [1.29, 1.82) is 0 Å². The zero-order valence-electron chi connectivity index (χ0n) is 18.9. The maximum Gasteiger partial charge on any atom is 0.295 e. The number of hydrogen-bond acceptors (Lipinski definition) is 5. The van der Waals surface area contributed by atoms with Crippen molar-refractivity contribution in [1.82, 2.24) is 4.90 Å². The number of aliphatic hydroxyl groups is 1. The van der Waals surface area contributed by atoms with Gasteiger partial charge in [0.05, 0.1) is 17.7 Å². The van der Waals surface area contributed by atoms with Gasteiger partial charge in [-0.2, -0.15) is 0 Å². The molecule has 168 valence electrons. The molecule has 0 aliphatic carbocycles. The summed E-state index contributed by atoms with van der Waals surface area (Å²) in [6, 6.07) is 12.1. The van der Waals surface area contributed by atoms with E-state index in [4.69, 9.17) is 9.47 Å². The summed E-state index contributed by atoms with van der Waals surface area (Å²) in [6.45, 7) is 8.27. The Morgan fingerprint density at radius 2 is 1.91 bits per heavy atom. The lowest BCUT2D eigenvalue weighted by molar-refractivity contribution is -0.139. The Kier molecular flexibility index (Phi) is 5.96. The minimum absolute atomic E-state index is 0.0399. The Bertz CT molecular complexity index is 1070. The lowest BCUT2D eigenvalue weighted by Gasteiger charge is -2.25. The molecule has 2 heterocycles. The minimum atomic E-state index is -0.659. The number of carbonyl (C=O) groups excluding carboxylic acids is 2. The monoisotopic (exact) mass is 435 g/mol. The first kappa shape index (κ1) is 21.9. The van der Waals surface area contributed by atoms with Gasteiger partial charge in [-0.15, -0.1) is 0 Å². The molecule has 1 amide bonds. The number of ketones is 1. The Labute approximate surface area is 188 Å². The third kappa shape index (κ3) is 3.97. The minimum Gasteiger partial charge on any atom is -0.507 e. The van der Waals surface area contributed by atoms with Gasteiger partial charge in [0.2, 0.25) is 0 Å². The number of Topliss-reactive ketones (excluding diaryl/α,β-unsaturated/α-hetero) is 1. The van der Waals surface area contributed by atoms with Crippen LogP contribution in [0.3, 0.4) is 0 Å². The maximum atomic E-state index is 13.0. The Balaban J connectivity index is 1.78. The molecule has 0 bridgehead atoms. The molecule has 0 spiro atoms. The number of aliphatic hydroxyl groups excluding tert-OH is 1. The number of rotatable bonds is 6. The van der Waals surface area contributed by atoms with Crippen molar-refractivity contribution in [3.63, 3.8) is 0 Å². The zero-order chi connectivity index (χ0) is 23.0. The summed E-state index contributed by atoms with van der Waals surface area (Å²) in [6.07, 6.45) is 1.55. The van der Waals surface area contributed by atoms with Gasteiger partial charge in [-0.05, 0) is 68.7 Å². The van der Waals surface area contributed by atoms with Crippen molar-refractivity contribution in [3.8, 4) is 11.5 Å². The summed E-state index contributed by atoms with van der Waals surface area (Å²) in [5, 5.41) is 11.2. The summed E-state index contributed by atoms with van der Waals surface area (Å²) in [5.41, 5.74) is 2.37. The van der Waals surface area contributed by atoms with Gasteiger partial charge in [0.1, 0.15) is 23.4 Å². The predicted octanol–water partition coefficient (Wildman–Crippen LogP) is 4.63. The highest BCUT2D eigenvalue weighted by Gasteiger charge is 2.45. The summed E-state index contributed by atoms with van der Waals surface area (Å²) in [7, 11) is 0. The molecule has 2 unspecified atom stereocenters. The lowest BCUT2D eigenvalue weighted by atomic mass is 9.94. The number of carbonyl (C=O) groups is 2. The van der Waals surface area contributed by atoms with Crippen LogP contribution in [-0.4, -0.2) is 40.4 Å². The molecule has 1 fully saturated rings. The first-order valence-corrected chi connectivity index (χ1v) is 11.1. The molecule has 32 heavy (non-hydrogen) atoms. The molecule has 2 aliphatic heterocycles. The molecule has 6 nitrogen and oxygen atoms in total. The van der Waals surface area contributed by atoms with Gasteiger partial charge in [0.15, 0.2) is 0 Å². The smallest absolute Gasteiger partial charge is 0.295 e. The number of fused-ring (bicyclic) bond motifs is 1. The highest BCUT2D eigenvalue weighted by molar-refractivity contribution is 6.46. The SMILES string of the molecule is CCCN1C(=O)C(=O)/C(=C(\O)c2ccc3c(c2)CC(C)O3)C1c1ccc(OC(C)C)cc1. The van der Waals surface area contributed by atoms with E-state index in [1.807, 2.05) is 64.1 Å². The Hall–Kier alpha value is -3.28. The van der Waals surface area contributed by atoms with Gasteiger partial charge in [0, 0.05) is 18.5 Å². The molecule has 2 aliphatic rings. The first-order valence-electron chi connectivity index (χ1n) is 11.1. The average Bonchev–Trinajstić information content (AvgIpc) is 3.25. The van der Waals surface area contributed by atoms with Crippen LogP contribution in [0.4, 0.5) is 0 Å². The van der Waals surface area contributed by atoms with E-state index in [-0.39, 0.29) is 23.5 Å². The largest absolute Gasteiger partial charge is 0.507 e. The van der Waals surface area contributed by atoms with Crippen molar-refractivity contribution in [3.05, 3.63) is 64.7 Å². The van der Waals surface area contributed by atoms with Crippen molar-refractivity contribution < 1.29 is 24.2 Å². The van der Waals surface area contributed by atoms with Crippen LogP contribution < -0.4 is 9.47 Å². The van der Waals surface area contributed by atoms with E-state index in [1.165, 1.54) is 0 Å². The summed E-state index contributed by atoms with van der Waals surface area (Å²) in [4.78, 5) is 27.4.